The first kappa shape index (κ1) is 18.7. The molecule has 1 aromatic carbocycles. The summed E-state index contributed by atoms with van der Waals surface area (Å²) >= 11 is 0. The number of amides is 1. The van der Waals surface area contributed by atoms with Gasteiger partial charge in [0, 0.05) is 30.7 Å². The number of carbonyl (C=O) groups excluding carboxylic acids is 1. The summed E-state index contributed by atoms with van der Waals surface area (Å²) in [6, 6.07) is 3.22. The van der Waals surface area contributed by atoms with Gasteiger partial charge in [-0.2, -0.15) is 0 Å². The van der Waals surface area contributed by atoms with Gasteiger partial charge < -0.3 is 19.8 Å². The van der Waals surface area contributed by atoms with Crippen LogP contribution in [-0.2, 0) is 17.3 Å². The number of hydrogen-bond donors (Lipinski definition) is 2. The third-order valence-electron chi connectivity index (χ3n) is 3.92. The molecule has 2 heterocycles. The van der Waals surface area contributed by atoms with Crippen LogP contribution < -0.4 is 15.8 Å². The lowest BCUT2D eigenvalue weighted by Gasteiger charge is -2.33. The summed E-state index contributed by atoms with van der Waals surface area (Å²) in [4.78, 5) is 19.5. The molecule has 0 aliphatic carbocycles. The van der Waals surface area contributed by atoms with Crippen molar-refractivity contribution in [2.24, 2.45) is 17.8 Å². The summed E-state index contributed by atoms with van der Waals surface area (Å²) in [5.74, 6) is -1.10. The highest BCUT2D eigenvalue weighted by Gasteiger charge is 2.46. The molecule has 1 aromatic heterocycles. The fourth-order valence-corrected chi connectivity index (χ4v) is 2.61. The zero-order valence-electron chi connectivity index (χ0n) is 14.2. The third kappa shape index (κ3) is 3.72. The number of nitrogens with one attached hydrogen (secondary N) is 1. The summed E-state index contributed by atoms with van der Waals surface area (Å²) in [6.45, 7) is -0.673. The van der Waals surface area contributed by atoms with Crippen LogP contribution in [-0.4, -0.2) is 41.1 Å². The van der Waals surface area contributed by atoms with Gasteiger partial charge >= 0.3 is 12.1 Å². The van der Waals surface area contributed by atoms with E-state index in [2.05, 4.69) is 15.3 Å². The Morgan fingerprint density at radius 3 is 2.89 bits per heavy atom. The van der Waals surface area contributed by atoms with Crippen molar-refractivity contribution in [3.8, 4) is 6.01 Å². The number of rotatable bonds is 4. The topological polar surface area (TPSA) is 104 Å². The highest BCUT2D eigenvalue weighted by atomic mass is 19.3. The van der Waals surface area contributed by atoms with Crippen molar-refractivity contribution in [2.75, 3.05) is 18.5 Å². The SMILES string of the molecule is Cn1ccnc1OC(=O)Nc1ccc(F)c([C@]2(C(F)F)COCC(N)=N2)c1. The molecule has 2 aromatic rings. The minimum absolute atomic E-state index is 0.0249. The van der Waals surface area contributed by atoms with Gasteiger partial charge in [0.05, 0.1) is 6.61 Å². The van der Waals surface area contributed by atoms with Gasteiger partial charge in [-0.05, 0) is 18.2 Å². The van der Waals surface area contributed by atoms with Gasteiger partial charge in [0.15, 0.2) is 5.54 Å². The maximum absolute atomic E-state index is 14.3. The van der Waals surface area contributed by atoms with Crippen LogP contribution in [0.3, 0.4) is 0 Å². The molecule has 1 amide bonds. The number of benzene rings is 1. The normalized spacial score (nSPS) is 19.7. The first-order valence-electron chi connectivity index (χ1n) is 7.78. The Kier molecular flexibility index (Phi) is 5.04. The standard InChI is InChI=1S/C16H16F3N5O3/c1-24-5-4-21-14(24)27-15(25)22-9-2-3-11(17)10(6-9)16(13(18)19)8-26-7-12(20)23-16/h2-6,13H,7-8H2,1H3,(H2,20,23)(H,22,25)/t16-/m0/s1. The minimum Gasteiger partial charge on any atom is -0.385 e. The van der Waals surface area contributed by atoms with E-state index in [0.29, 0.717) is 0 Å². The quantitative estimate of drug-likeness (QED) is 0.841. The number of anilines is 1. The number of nitrogens with two attached hydrogens (primary N) is 1. The number of carbonyl (C=O) groups is 1. The van der Waals surface area contributed by atoms with Crippen LogP contribution >= 0.6 is 0 Å². The van der Waals surface area contributed by atoms with E-state index in [9.17, 15) is 18.0 Å². The second-order valence-electron chi connectivity index (χ2n) is 5.85. The number of aromatic nitrogens is 2. The van der Waals surface area contributed by atoms with E-state index in [-0.39, 0.29) is 24.1 Å². The zero-order chi connectivity index (χ0) is 19.6. The number of hydrogen-bond acceptors (Lipinski definition) is 6. The largest absolute Gasteiger partial charge is 0.419 e. The maximum Gasteiger partial charge on any atom is 0.419 e. The van der Waals surface area contributed by atoms with E-state index < -0.39 is 36.0 Å². The first-order chi connectivity index (χ1) is 12.8. The van der Waals surface area contributed by atoms with Crippen molar-refractivity contribution in [2.45, 2.75) is 12.0 Å². The molecular formula is C16H16F3N5O3. The second kappa shape index (κ2) is 7.27. The highest BCUT2D eigenvalue weighted by Crippen LogP contribution is 2.37. The van der Waals surface area contributed by atoms with Crippen LogP contribution in [0.5, 0.6) is 6.01 Å². The van der Waals surface area contributed by atoms with E-state index in [0.717, 1.165) is 12.1 Å². The van der Waals surface area contributed by atoms with Crippen LogP contribution in [0, 0.1) is 5.82 Å². The maximum atomic E-state index is 14.3. The Labute approximate surface area is 151 Å². The molecule has 144 valence electrons. The summed E-state index contributed by atoms with van der Waals surface area (Å²) in [6.07, 6.45) is -1.01. The van der Waals surface area contributed by atoms with E-state index in [1.807, 2.05) is 0 Å². The van der Waals surface area contributed by atoms with Gasteiger partial charge in [0.2, 0.25) is 0 Å². The number of amidine groups is 1. The Balaban J connectivity index is 1.89. The van der Waals surface area contributed by atoms with E-state index in [1.54, 1.807) is 13.2 Å². The molecular weight excluding hydrogens is 367 g/mol. The Bertz CT molecular complexity index is 886. The molecule has 1 aliphatic heterocycles. The molecule has 0 saturated carbocycles. The number of aryl methyl sites for hydroxylation is 1. The monoisotopic (exact) mass is 383 g/mol. The molecule has 11 heteroatoms. The van der Waals surface area contributed by atoms with Crippen molar-refractivity contribution < 1.29 is 27.4 Å². The van der Waals surface area contributed by atoms with Gasteiger partial charge in [0.1, 0.15) is 18.3 Å². The number of halogens is 3. The molecule has 27 heavy (non-hydrogen) atoms. The Hall–Kier alpha value is -3.08. The number of alkyl halides is 2. The first-order valence-corrected chi connectivity index (χ1v) is 7.78. The summed E-state index contributed by atoms with van der Waals surface area (Å²) in [7, 11) is 1.61. The summed E-state index contributed by atoms with van der Waals surface area (Å²) in [5.41, 5.74) is 2.80. The van der Waals surface area contributed by atoms with Crippen molar-refractivity contribution in [3.05, 3.63) is 42.0 Å². The molecule has 0 spiro atoms. The Morgan fingerprint density at radius 1 is 1.48 bits per heavy atom. The average molecular weight is 383 g/mol. The average Bonchev–Trinajstić information content (AvgIpc) is 3.01. The summed E-state index contributed by atoms with van der Waals surface area (Å²) in [5, 5.41) is 2.33. The van der Waals surface area contributed by atoms with Gasteiger partial charge in [0.25, 0.3) is 6.43 Å². The molecule has 0 unspecified atom stereocenters. The van der Waals surface area contributed by atoms with Crippen molar-refractivity contribution in [1.82, 2.24) is 9.55 Å². The van der Waals surface area contributed by atoms with Crippen LogP contribution in [0.25, 0.3) is 0 Å². The predicted octanol–water partition coefficient (Wildman–Crippen LogP) is 2.02. The second-order valence-corrected chi connectivity index (χ2v) is 5.85. The fourth-order valence-electron chi connectivity index (χ4n) is 2.61. The van der Waals surface area contributed by atoms with Crippen molar-refractivity contribution >= 4 is 17.6 Å². The van der Waals surface area contributed by atoms with Gasteiger partial charge in [-0.15, -0.1) is 0 Å². The third-order valence-corrected chi connectivity index (χ3v) is 3.92. The number of imidazole rings is 1. The van der Waals surface area contributed by atoms with Gasteiger partial charge in [-0.25, -0.2) is 22.9 Å². The van der Waals surface area contributed by atoms with Crippen molar-refractivity contribution in [1.29, 1.82) is 0 Å². The molecule has 0 fully saturated rings. The molecule has 1 atom stereocenters. The fraction of sp³-hybridized carbons (Fsp3) is 0.312. The van der Waals surface area contributed by atoms with Crippen LogP contribution in [0.1, 0.15) is 5.56 Å². The lowest BCUT2D eigenvalue weighted by Crippen LogP contribution is -2.45. The molecule has 0 saturated heterocycles. The molecule has 3 rings (SSSR count). The van der Waals surface area contributed by atoms with Gasteiger partial charge in [-0.1, -0.05) is 0 Å². The summed E-state index contributed by atoms with van der Waals surface area (Å²) < 4.78 is 53.4. The van der Waals surface area contributed by atoms with Crippen LogP contribution in [0.15, 0.2) is 35.6 Å². The lowest BCUT2D eigenvalue weighted by molar-refractivity contribution is -0.0145. The molecule has 8 nitrogen and oxygen atoms in total. The minimum atomic E-state index is -3.08. The highest BCUT2D eigenvalue weighted by molar-refractivity contribution is 5.86. The van der Waals surface area contributed by atoms with Crippen LogP contribution in [0.4, 0.5) is 23.7 Å². The molecule has 0 bridgehead atoms. The molecule has 0 radical (unpaired) electrons. The molecule has 1 aliphatic rings. The lowest BCUT2D eigenvalue weighted by atomic mass is 9.90. The predicted molar refractivity (Wildman–Crippen MR) is 89.4 cm³/mol. The Morgan fingerprint density at radius 2 is 2.26 bits per heavy atom. The zero-order valence-corrected chi connectivity index (χ0v) is 14.2. The number of nitrogens with zero attached hydrogens (tertiary/aromatic N) is 3. The van der Waals surface area contributed by atoms with E-state index in [4.69, 9.17) is 15.2 Å². The van der Waals surface area contributed by atoms with Gasteiger partial charge in [-0.3, -0.25) is 10.3 Å². The smallest absolute Gasteiger partial charge is 0.385 e. The van der Waals surface area contributed by atoms with Crippen molar-refractivity contribution in [3.63, 3.8) is 0 Å². The molecule has 3 N–H and O–H groups in total. The van der Waals surface area contributed by atoms with Crippen LogP contribution in [0.2, 0.25) is 0 Å². The van der Waals surface area contributed by atoms with E-state index >= 15 is 0 Å². The number of aliphatic imine (C=N–C) groups is 1. The number of ether oxygens (including phenoxy) is 2. The van der Waals surface area contributed by atoms with E-state index in [1.165, 1.54) is 16.8 Å².